The van der Waals surface area contributed by atoms with Gasteiger partial charge in [0.05, 0.1) is 6.54 Å². The maximum absolute atomic E-state index is 4.54. The Hall–Kier alpha value is -0.370. The van der Waals surface area contributed by atoms with E-state index in [1.807, 2.05) is 0 Å². The standard InChI is InChI=1S/C9H18N2/c1-4-5-9-8(3)11-7(2)6-10-9/h7-8,11H,4-6H2,1-3H3. The molecule has 64 valence electrons. The summed E-state index contributed by atoms with van der Waals surface area (Å²) in [6.45, 7) is 7.54. The summed E-state index contributed by atoms with van der Waals surface area (Å²) in [6.07, 6.45) is 2.36. The second-order valence-electron chi connectivity index (χ2n) is 3.37. The zero-order valence-corrected chi connectivity index (χ0v) is 7.72. The summed E-state index contributed by atoms with van der Waals surface area (Å²) in [7, 11) is 0. The molecule has 0 fully saturated rings. The molecule has 0 aromatic heterocycles. The number of aliphatic imine (C=N–C) groups is 1. The molecule has 1 aliphatic rings. The van der Waals surface area contributed by atoms with Gasteiger partial charge >= 0.3 is 0 Å². The Morgan fingerprint density at radius 2 is 2.27 bits per heavy atom. The number of rotatable bonds is 2. The molecule has 0 aliphatic carbocycles. The van der Waals surface area contributed by atoms with E-state index in [4.69, 9.17) is 0 Å². The maximum atomic E-state index is 4.54. The average Bonchev–Trinajstić information content (AvgIpc) is 1.95. The molecule has 0 spiro atoms. The molecule has 0 aromatic carbocycles. The Kier molecular flexibility index (Phi) is 3.06. The number of hydrogen-bond acceptors (Lipinski definition) is 2. The van der Waals surface area contributed by atoms with E-state index in [0.29, 0.717) is 12.1 Å². The molecular weight excluding hydrogens is 136 g/mol. The molecule has 0 amide bonds. The predicted octanol–water partition coefficient (Wildman–Crippen LogP) is 1.61. The van der Waals surface area contributed by atoms with Crippen LogP contribution < -0.4 is 5.32 Å². The van der Waals surface area contributed by atoms with E-state index >= 15 is 0 Å². The first-order valence-electron chi connectivity index (χ1n) is 4.53. The second kappa shape index (κ2) is 3.86. The van der Waals surface area contributed by atoms with Crippen molar-refractivity contribution >= 4 is 5.71 Å². The van der Waals surface area contributed by atoms with E-state index < -0.39 is 0 Å². The molecule has 2 unspecified atom stereocenters. The Bertz CT molecular complexity index is 152. The van der Waals surface area contributed by atoms with Crippen molar-refractivity contribution in [2.45, 2.75) is 45.7 Å². The van der Waals surface area contributed by atoms with Gasteiger partial charge in [0.1, 0.15) is 0 Å². The van der Waals surface area contributed by atoms with Gasteiger partial charge < -0.3 is 5.32 Å². The van der Waals surface area contributed by atoms with Gasteiger partial charge in [0.25, 0.3) is 0 Å². The van der Waals surface area contributed by atoms with Crippen LogP contribution in [0.1, 0.15) is 33.6 Å². The van der Waals surface area contributed by atoms with Crippen molar-refractivity contribution in [1.29, 1.82) is 0 Å². The van der Waals surface area contributed by atoms with Gasteiger partial charge in [-0.15, -0.1) is 0 Å². The minimum atomic E-state index is 0.499. The van der Waals surface area contributed by atoms with Crippen molar-refractivity contribution in [2.75, 3.05) is 6.54 Å². The molecule has 0 aromatic rings. The minimum absolute atomic E-state index is 0.499. The molecule has 0 bridgehead atoms. The van der Waals surface area contributed by atoms with Crippen molar-refractivity contribution in [3.05, 3.63) is 0 Å². The summed E-state index contributed by atoms with van der Waals surface area (Å²) >= 11 is 0. The molecule has 2 heteroatoms. The average molecular weight is 154 g/mol. The maximum Gasteiger partial charge on any atom is 0.0540 e. The van der Waals surface area contributed by atoms with E-state index in [9.17, 15) is 0 Å². The van der Waals surface area contributed by atoms with E-state index in [0.717, 1.165) is 13.0 Å². The van der Waals surface area contributed by atoms with Gasteiger partial charge in [0.15, 0.2) is 0 Å². The molecular formula is C9H18N2. The smallest absolute Gasteiger partial charge is 0.0540 e. The summed E-state index contributed by atoms with van der Waals surface area (Å²) in [5, 5.41) is 3.48. The lowest BCUT2D eigenvalue weighted by molar-refractivity contribution is 0.508. The normalized spacial score (nSPS) is 31.7. The number of nitrogens with one attached hydrogen (secondary N) is 1. The third-order valence-electron chi connectivity index (χ3n) is 2.11. The first-order valence-corrected chi connectivity index (χ1v) is 4.53. The first-order chi connectivity index (χ1) is 5.24. The zero-order chi connectivity index (χ0) is 8.27. The summed E-state index contributed by atoms with van der Waals surface area (Å²) in [5.41, 5.74) is 1.35. The van der Waals surface area contributed by atoms with Crippen LogP contribution in [0.4, 0.5) is 0 Å². The number of hydrogen-bond donors (Lipinski definition) is 1. The highest BCUT2D eigenvalue weighted by molar-refractivity contribution is 5.89. The van der Waals surface area contributed by atoms with Crippen LogP contribution in [-0.2, 0) is 0 Å². The highest BCUT2D eigenvalue weighted by Gasteiger charge is 2.16. The van der Waals surface area contributed by atoms with Gasteiger partial charge in [-0.05, 0) is 20.3 Å². The molecule has 1 heterocycles. The van der Waals surface area contributed by atoms with Crippen molar-refractivity contribution in [3.8, 4) is 0 Å². The molecule has 0 saturated heterocycles. The lowest BCUT2D eigenvalue weighted by atomic mass is 10.1. The fraction of sp³-hybridized carbons (Fsp3) is 0.889. The molecule has 2 nitrogen and oxygen atoms in total. The summed E-state index contributed by atoms with van der Waals surface area (Å²) < 4.78 is 0. The van der Waals surface area contributed by atoms with Crippen LogP contribution >= 0.6 is 0 Å². The summed E-state index contributed by atoms with van der Waals surface area (Å²) in [5.74, 6) is 0. The molecule has 1 rings (SSSR count). The quantitative estimate of drug-likeness (QED) is 0.642. The minimum Gasteiger partial charge on any atom is -0.305 e. The third-order valence-corrected chi connectivity index (χ3v) is 2.11. The van der Waals surface area contributed by atoms with E-state index in [1.54, 1.807) is 0 Å². The van der Waals surface area contributed by atoms with Gasteiger partial charge in [-0.2, -0.15) is 0 Å². The lowest BCUT2D eigenvalue weighted by Crippen LogP contribution is -2.45. The van der Waals surface area contributed by atoms with E-state index in [1.165, 1.54) is 12.1 Å². The highest BCUT2D eigenvalue weighted by Crippen LogP contribution is 2.05. The van der Waals surface area contributed by atoms with Crippen LogP contribution in [0.15, 0.2) is 4.99 Å². The van der Waals surface area contributed by atoms with Gasteiger partial charge in [-0.25, -0.2) is 0 Å². The SMILES string of the molecule is CCCC1=NCC(C)NC1C. The number of nitrogens with zero attached hydrogens (tertiary/aromatic N) is 1. The van der Waals surface area contributed by atoms with Crippen LogP contribution in [0.25, 0.3) is 0 Å². The Labute approximate surface area is 69.1 Å². The van der Waals surface area contributed by atoms with Crippen molar-refractivity contribution in [2.24, 2.45) is 4.99 Å². The van der Waals surface area contributed by atoms with E-state index in [2.05, 4.69) is 31.1 Å². The Morgan fingerprint density at radius 3 is 2.82 bits per heavy atom. The van der Waals surface area contributed by atoms with E-state index in [-0.39, 0.29) is 0 Å². The van der Waals surface area contributed by atoms with Crippen molar-refractivity contribution < 1.29 is 0 Å². The Morgan fingerprint density at radius 1 is 1.55 bits per heavy atom. The van der Waals surface area contributed by atoms with Crippen LogP contribution in [0.5, 0.6) is 0 Å². The molecule has 1 aliphatic heterocycles. The van der Waals surface area contributed by atoms with Crippen LogP contribution in [0.3, 0.4) is 0 Å². The largest absolute Gasteiger partial charge is 0.305 e. The van der Waals surface area contributed by atoms with Crippen LogP contribution in [-0.4, -0.2) is 24.3 Å². The topological polar surface area (TPSA) is 24.4 Å². The fourth-order valence-electron chi connectivity index (χ4n) is 1.52. The predicted molar refractivity (Wildman–Crippen MR) is 49.3 cm³/mol. The molecule has 2 atom stereocenters. The summed E-state index contributed by atoms with van der Waals surface area (Å²) in [6, 6.07) is 1.06. The van der Waals surface area contributed by atoms with Crippen molar-refractivity contribution in [3.63, 3.8) is 0 Å². The zero-order valence-electron chi connectivity index (χ0n) is 7.72. The summed E-state index contributed by atoms with van der Waals surface area (Å²) in [4.78, 5) is 4.54. The monoisotopic (exact) mass is 154 g/mol. The molecule has 0 saturated carbocycles. The van der Waals surface area contributed by atoms with Gasteiger partial charge in [-0.1, -0.05) is 13.3 Å². The van der Waals surface area contributed by atoms with Gasteiger partial charge in [-0.3, -0.25) is 4.99 Å². The molecule has 0 radical (unpaired) electrons. The molecule has 11 heavy (non-hydrogen) atoms. The van der Waals surface area contributed by atoms with Gasteiger partial charge in [0, 0.05) is 17.8 Å². The Balaban J connectivity index is 2.50. The van der Waals surface area contributed by atoms with Gasteiger partial charge in [0.2, 0.25) is 0 Å². The molecule has 1 N–H and O–H groups in total. The first kappa shape index (κ1) is 8.72. The van der Waals surface area contributed by atoms with Crippen molar-refractivity contribution in [1.82, 2.24) is 5.32 Å². The van der Waals surface area contributed by atoms with Crippen LogP contribution in [0, 0.1) is 0 Å². The van der Waals surface area contributed by atoms with Crippen LogP contribution in [0.2, 0.25) is 0 Å². The lowest BCUT2D eigenvalue weighted by Gasteiger charge is -2.25. The fourth-order valence-corrected chi connectivity index (χ4v) is 1.52. The third kappa shape index (κ3) is 2.29. The second-order valence-corrected chi connectivity index (χ2v) is 3.37. The highest BCUT2D eigenvalue weighted by atomic mass is 15.0.